The van der Waals surface area contributed by atoms with Crippen LogP contribution in [0.5, 0.6) is 0 Å². The van der Waals surface area contributed by atoms with Crippen LogP contribution in [0.3, 0.4) is 0 Å². The number of hydrogen-bond donors (Lipinski definition) is 3. The lowest BCUT2D eigenvalue weighted by Gasteiger charge is -2.38. The molecule has 3 rings (SSSR count). The van der Waals surface area contributed by atoms with E-state index in [9.17, 15) is 5.11 Å². The number of halogens is 1. The average molecular weight is 740 g/mol. The quantitative estimate of drug-likeness (QED) is 0.128. The first-order valence-electron chi connectivity index (χ1n) is 16.2. The molecule has 0 saturated carbocycles. The number of ether oxygens (including phenoxy) is 3. The van der Waals surface area contributed by atoms with E-state index in [-0.39, 0.29) is 38.1 Å². The van der Waals surface area contributed by atoms with Gasteiger partial charge in [-0.3, -0.25) is 0 Å². The van der Waals surface area contributed by atoms with E-state index in [0.29, 0.717) is 16.6 Å². The minimum atomic E-state index is -1.69. The Labute approximate surface area is 299 Å². The Morgan fingerprint density at radius 3 is 1.17 bits per heavy atom. The van der Waals surface area contributed by atoms with Gasteiger partial charge in [-0.05, 0) is 69.7 Å². The van der Waals surface area contributed by atoms with Crippen molar-refractivity contribution in [3.05, 3.63) is 105 Å². The summed E-state index contributed by atoms with van der Waals surface area (Å²) >= 11 is 3.34. The molecule has 0 saturated heterocycles. The molecule has 0 aromatic heterocycles. The first-order valence-corrected chi connectivity index (χ1v) is 19.3. The summed E-state index contributed by atoms with van der Waals surface area (Å²) in [6.45, 7) is 13.9. The van der Waals surface area contributed by atoms with Gasteiger partial charge in [0.1, 0.15) is 26.4 Å². The van der Waals surface area contributed by atoms with Gasteiger partial charge in [-0.25, -0.2) is 0 Å². The smallest absolute Gasteiger partial charge is 0.146 e. The molecule has 48 heavy (non-hydrogen) atoms. The molecule has 3 N–H and O–H groups in total. The van der Waals surface area contributed by atoms with E-state index in [1.807, 2.05) is 72.8 Å². The first kappa shape index (κ1) is 43.3. The largest absolute Gasteiger partial charge is 0.393 e. The molecular formula is C40H55BrO6Si. The van der Waals surface area contributed by atoms with Crippen LogP contribution in [0.4, 0.5) is 0 Å². The summed E-state index contributed by atoms with van der Waals surface area (Å²) in [5.41, 5.74) is 10.4. The van der Waals surface area contributed by atoms with Gasteiger partial charge in [-0.1, -0.05) is 106 Å². The molecule has 3 atom stereocenters. The molecule has 0 aliphatic carbocycles. The summed E-state index contributed by atoms with van der Waals surface area (Å²) < 4.78 is 16.4. The minimum Gasteiger partial charge on any atom is -0.393 e. The van der Waals surface area contributed by atoms with Gasteiger partial charge >= 0.3 is 0 Å². The molecule has 3 aromatic carbocycles. The molecule has 8 heteroatoms. The van der Waals surface area contributed by atoms with Gasteiger partial charge in [-0.15, -0.1) is 12.0 Å². The third-order valence-corrected chi connectivity index (χ3v) is 15.4. The highest BCUT2D eigenvalue weighted by molar-refractivity contribution is 9.10. The molecule has 0 spiro atoms. The Morgan fingerprint density at radius 1 is 0.583 bits per heavy atom. The second-order valence-corrected chi connectivity index (χ2v) is 18.8. The van der Waals surface area contributed by atoms with E-state index >= 15 is 0 Å². The zero-order valence-electron chi connectivity index (χ0n) is 30.0. The lowest BCUT2D eigenvalue weighted by molar-refractivity contribution is 0.0484. The zero-order chi connectivity index (χ0) is 36.3. The van der Waals surface area contributed by atoms with Crippen LogP contribution < -0.4 is 0 Å². The number of aliphatic hydroxyl groups excluding tert-OH is 3. The first-order chi connectivity index (χ1) is 22.9. The van der Waals surface area contributed by atoms with Gasteiger partial charge in [-0.2, -0.15) is 0 Å². The average Bonchev–Trinajstić information content (AvgIpc) is 3.08. The summed E-state index contributed by atoms with van der Waals surface area (Å²) in [6.07, 6.45) is 4.49. The van der Waals surface area contributed by atoms with Crippen molar-refractivity contribution in [1.29, 1.82) is 0 Å². The fourth-order valence-corrected chi connectivity index (χ4v) is 11.3. The fraction of sp³-hybridized carbons (Fsp3) is 0.450. The van der Waals surface area contributed by atoms with Crippen molar-refractivity contribution in [1.82, 2.24) is 0 Å². The standard InChI is InChI=1S/C20H32O2Si.C11H12O2.C9H11BrO2/c1-15(2)23(16(3)4,17(5)6)13-12-18-8-10-19(11-9-18)20(14-21)22-7;1-3-9-4-6-10(7-5-9)11(8-12)13-2;1-12-9(6-11)7-2-4-8(10)5-3-7/h8-11,15-17,20-21H,14H2,1-7H3;1,4-7,11-12H,8H2,2H3;2-5,9,11H,6H2,1H3. The molecule has 0 radical (unpaired) electrons. The predicted molar refractivity (Wildman–Crippen MR) is 203 cm³/mol. The SMILES string of the molecule is C#Cc1ccc(C(CO)OC)cc1.COC(CO)c1ccc(Br)cc1.COC(CO)c1ccc(C#C[Si](C(C)C)(C(C)C)C(C)C)cc1. The summed E-state index contributed by atoms with van der Waals surface area (Å²) in [5.74, 6) is 5.97. The van der Waals surface area contributed by atoms with E-state index in [2.05, 4.69) is 74.9 Å². The van der Waals surface area contributed by atoms with Gasteiger partial charge < -0.3 is 29.5 Å². The lowest BCUT2D eigenvalue weighted by Crippen LogP contribution is -2.43. The molecule has 0 aliphatic heterocycles. The summed E-state index contributed by atoms with van der Waals surface area (Å²) in [7, 11) is 3.08. The second-order valence-electron chi connectivity index (χ2n) is 12.3. The Hall–Kier alpha value is -2.76. The highest BCUT2D eigenvalue weighted by Gasteiger charge is 2.41. The summed E-state index contributed by atoms with van der Waals surface area (Å²) in [6, 6.07) is 23.1. The number of aliphatic hydroxyl groups is 3. The molecular weight excluding hydrogens is 684 g/mol. The molecule has 0 amide bonds. The van der Waals surface area contributed by atoms with E-state index in [1.54, 1.807) is 21.3 Å². The maximum Gasteiger partial charge on any atom is 0.146 e. The van der Waals surface area contributed by atoms with Crippen LogP contribution in [0, 0.1) is 23.8 Å². The van der Waals surface area contributed by atoms with Crippen LogP contribution in [-0.2, 0) is 14.2 Å². The Morgan fingerprint density at radius 2 is 0.896 bits per heavy atom. The second kappa shape index (κ2) is 22.8. The van der Waals surface area contributed by atoms with Crippen LogP contribution in [0.2, 0.25) is 16.6 Å². The van der Waals surface area contributed by atoms with Crippen LogP contribution >= 0.6 is 15.9 Å². The highest BCUT2D eigenvalue weighted by Crippen LogP contribution is 2.40. The third-order valence-electron chi connectivity index (χ3n) is 8.61. The maximum absolute atomic E-state index is 9.29. The number of hydrogen-bond acceptors (Lipinski definition) is 6. The number of rotatable bonds is 12. The molecule has 0 bridgehead atoms. The normalized spacial score (nSPS) is 12.9. The molecule has 262 valence electrons. The number of terminal acetylenes is 1. The zero-order valence-corrected chi connectivity index (χ0v) is 32.6. The van der Waals surface area contributed by atoms with Crippen LogP contribution in [0.1, 0.15) is 87.7 Å². The Balaban J connectivity index is 0.000000390. The van der Waals surface area contributed by atoms with E-state index in [4.69, 9.17) is 30.8 Å². The number of methoxy groups -OCH3 is 3. The monoisotopic (exact) mass is 738 g/mol. The van der Waals surface area contributed by atoms with Crippen molar-refractivity contribution in [3.63, 3.8) is 0 Å². The van der Waals surface area contributed by atoms with E-state index in [0.717, 1.165) is 32.3 Å². The summed E-state index contributed by atoms with van der Waals surface area (Å²) in [5, 5.41) is 27.1. The van der Waals surface area contributed by atoms with Gasteiger partial charge in [0.15, 0.2) is 0 Å². The Kier molecular flexibility index (Phi) is 20.5. The highest BCUT2D eigenvalue weighted by atomic mass is 79.9. The van der Waals surface area contributed by atoms with E-state index < -0.39 is 8.07 Å². The molecule has 0 heterocycles. The topological polar surface area (TPSA) is 88.4 Å². The third kappa shape index (κ3) is 12.9. The van der Waals surface area contributed by atoms with Gasteiger partial charge in [0.05, 0.1) is 19.8 Å². The fourth-order valence-electron chi connectivity index (χ4n) is 5.81. The van der Waals surface area contributed by atoms with Gasteiger partial charge in [0, 0.05) is 36.9 Å². The molecule has 6 nitrogen and oxygen atoms in total. The minimum absolute atomic E-state index is 0.00834. The molecule has 0 fully saturated rings. The Bertz CT molecular complexity index is 1370. The van der Waals surface area contributed by atoms with Crippen LogP contribution in [0.25, 0.3) is 0 Å². The van der Waals surface area contributed by atoms with Crippen molar-refractivity contribution in [3.8, 4) is 23.8 Å². The number of benzene rings is 3. The summed E-state index contributed by atoms with van der Waals surface area (Å²) in [4.78, 5) is 0. The molecule has 3 unspecified atom stereocenters. The van der Waals surface area contributed by atoms with Crippen molar-refractivity contribution in [2.24, 2.45) is 0 Å². The van der Waals surface area contributed by atoms with Crippen molar-refractivity contribution < 1.29 is 29.5 Å². The van der Waals surface area contributed by atoms with Crippen molar-refractivity contribution >= 4 is 24.0 Å². The maximum atomic E-state index is 9.29. The van der Waals surface area contributed by atoms with E-state index in [1.165, 1.54) is 0 Å². The van der Waals surface area contributed by atoms with Crippen molar-refractivity contribution in [2.75, 3.05) is 41.2 Å². The van der Waals surface area contributed by atoms with Crippen LogP contribution in [0.15, 0.2) is 77.3 Å². The molecule has 0 aliphatic rings. The lowest BCUT2D eigenvalue weighted by atomic mass is 10.1. The molecule has 3 aromatic rings. The predicted octanol–water partition coefficient (Wildman–Crippen LogP) is 8.41. The van der Waals surface area contributed by atoms with Gasteiger partial charge in [0.25, 0.3) is 0 Å². The van der Waals surface area contributed by atoms with Gasteiger partial charge in [0.2, 0.25) is 0 Å². The van der Waals surface area contributed by atoms with Crippen molar-refractivity contribution in [2.45, 2.75) is 76.5 Å². The van der Waals surface area contributed by atoms with Crippen LogP contribution in [-0.4, -0.2) is 64.5 Å².